The van der Waals surface area contributed by atoms with Crippen LogP contribution in [0.15, 0.2) is 30.3 Å². The Hall–Kier alpha value is -2.73. The van der Waals surface area contributed by atoms with Crippen molar-refractivity contribution in [2.45, 2.75) is 25.7 Å². The molecule has 0 radical (unpaired) electrons. The lowest BCUT2D eigenvalue weighted by Crippen LogP contribution is -2.37. The van der Waals surface area contributed by atoms with E-state index in [1.165, 1.54) is 4.90 Å². The summed E-state index contributed by atoms with van der Waals surface area (Å²) in [5, 5.41) is 14.5. The fourth-order valence-corrected chi connectivity index (χ4v) is 5.37. The molecule has 4 rings (SSSR count). The van der Waals surface area contributed by atoms with Crippen LogP contribution in [0.2, 0.25) is 4.34 Å². The summed E-state index contributed by atoms with van der Waals surface area (Å²) in [5.74, 6) is -0.247. The number of anilines is 1. The van der Waals surface area contributed by atoms with Gasteiger partial charge in [-0.25, -0.2) is 0 Å². The molecule has 1 saturated carbocycles. The highest BCUT2D eigenvalue weighted by molar-refractivity contribution is 7.18. The third kappa shape index (κ3) is 4.70. The Labute approximate surface area is 195 Å². The summed E-state index contributed by atoms with van der Waals surface area (Å²) >= 11 is 7.06. The highest BCUT2D eigenvalue weighted by Crippen LogP contribution is 2.34. The van der Waals surface area contributed by atoms with Gasteiger partial charge in [0.05, 0.1) is 38.6 Å². The zero-order chi connectivity index (χ0) is 22.7. The molecule has 2 N–H and O–H groups in total. The fraction of sp³-hybridized carbons (Fsp3) is 0.391. The Kier molecular flexibility index (Phi) is 6.89. The summed E-state index contributed by atoms with van der Waals surface area (Å²) in [6.07, 6.45) is 3.90. The van der Waals surface area contributed by atoms with E-state index >= 15 is 0 Å². The first kappa shape index (κ1) is 22.5. The Morgan fingerprint density at radius 3 is 2.56 bits per heavy atom. The third-order valence-corrected chi connectivity index (χ3v) is 7.32. The summed E-state index contributed by atoms with van der Waals surface area (Å²) in [7, 11) is 0. The van der Waals surface area contributed by atoms with Crippen molar-refractivity contribution in [3.8, 4) is 6.07 Å². The van der Waals surface area contributed by atoms with E-state index in [0.29, 0.717) is 39.5 Å². The van der Waals surface area contributed by atoms with Crippen LogP contribution in [0.1, 0.15) is 56.1 Å². The molecule has 0 saturated heterocycles. The number of benzene rings is 1. The second-order valence-corrected chi connectivity index (χ2v) is 9.90. The van der Waals surface area contributed by atoms with E-state index in [4.69, 9.17) is 16.9 Å². The smallest absolute Gasteiger partial charge is 0.265 e. The van der Waals surface area contributed by atoms with Gasteiger partial charge in [-0.1, -0.05) is 17.7 Å². The number of carbonyl (C=O) groups excluding carboxylic acids is 3. The summed E-state index contributed by atoms with van der Waals surface area (Å²) < 4.78 is 0.501. The number of nitriles is 1. The molecule has 166 valence electrons. The number of amides is 3. The quantitative estimate of drug-likeness (QED) is 0.359. The first-order chi connectivity index (χ1) is 15.5. The van der Waals surface area contributed by atoms with Crippen LogP contribution in [0.25, 0.3) is 0 Å². The number of thiophene rings is 1. The Bertz CT molecular complexity index is 1090. The van der Waals surface area contributed by atoms with Crippen LogP contribution in [0.5, 0.6) is 0 Å². The second-order valence-electron chi connectivity index (χ2n) is 8.18. The van der Waals surface area contributed by atoms with Crippen molar-refractivity contribution in [1.29, 1.82) is 5.26 Å². The molecule has 1 aromatic heterocycles. The molecule has 1 fully saturated rings. The average molecular weight is 471 g/mol. The molecular formula is C23H23ClN4O3S. The van der Waals surface area contributed by atoms with Crippen LogP contribution >= 0.6 is 22.9 Å². The van der Waals surface area contributed by atoms with E-state index in [-0.39, 0.29) is 29.2 Å². The lowest BCUT2D eigenvalue weighted by Gasteiger charge is -2.30. The predicted octanol–water partition coefficient (Wildman–Crippen LogP) is 4.17. The van der Waals surface area contributed by atoms with Gasteiger partial charge in [-0.15, -0.1) is 11.3 Å². The molecule has 32 heavy (non-hydrogen) atoms. The average Bonchev–Trinajstić information content (AvgIpc) is 3.33. The van der Waals surface area contributed by atoms with Crippen LogP contribution < -0.4 is 10.6 Å². The molecule has 0 unspecified atom stereocenters. The first-order valence-corrected chi connectivity index (χ1v) is 11.8. The molecule has 0 atom stereocenters. The van der Waals surface area contributed by atoms with Crippen molar-refractivity contribution in [3.63, 3.8) is 0 Å². The van der Waals surface area contributed by atoms with E-state index < -0.39 is 0 Å². The van der Waals surface area contributed by atoms with Crippen molar-refractivity contribution < 1.29 is 14.4 Å². The van der Waals surface area contributed by atoms with Crippen molar-refractivity contribution in [2.24, 2.45) is 11.8 Å². The number of carbonyl (C=O) groups is 3. The van der Waals surface area contributed by atoms with Crippen molar-refractivity contribution >= 4 is 46.3 Å². The van der Waals surface area contributed by atoms with E-state index in [9.17, 15) is 14.4 Å². The van der Waals surface area contributed by atoms with Gasteiger partial charge in [0.25, 0.3) is 17.7 Å². The monoisotopic (exact) mass is 470 g/mol. The largest absolute Gasteiger partial charge is 0.321 e. The molecular weight excluding hydrogens is 448 g/mol. The van der Waals surface area contributed by atoms with Crippen molar-refractivity contribution in [1.82, 2.24) is 10.2 Å². The van der Waals surface area contributed by atoms with Gasteiger partial charge in [-0.3, -0.25) is 19.3 Å². The SMILES string of the molecule is N#CCNCC1CCC(CN2C(=O)c3cccc(NC(=O)c4ccc(Cl)s4)c3C2=O)CC1. The fourth-order valence-electron chi connectivity index (χ4n) is 4.43. The van der Waals surface area contributed by atoms with Gasteiger partial charge in [-0.2, -0.15) is 5.26 Å². The lowest BCUT2D eigenvalue weighted by atomic mass is 9.81. The molecule has 7 nitrogen and oxygen atoms in total. The second kappa shape index (κ2) is 9.82. The molecule has 2 aromatic rings. The lowest BCUT2D eigenvalue weighted by molar-refractivity contribution is 0.0610. The topological polar surface area (TPSA) is 102 Å². The number of nitrogens with one attached hydrogen (secondary N) is 2. The van der Waals surface area contributed by atoms with Crippen molar-refractivity contribution in [2.75, 3.05) is 25.0 Å². The molecule has 1 aromatic carbocycles. The maximum atomic E-state index is 13.2. The molecule has 2 aliphatic rings. The molecule has 1 aliphatic heterocycles. The number of hydrogen-bond donors (Lipinski definition) is 2. The van der Waals surface area contributed by atoms with E-state index in [1.54, 1.807) is 30.3 Å². The molecule has 2 heterocycles. The Morgan fingerprint density at radius 2 is 1.88 bits per heavy atom. The maximum Gasteiger partial charge on any atom is 0.265 e. The van der Waals surface area contributed by atoms with Crippen LogP contribution in [-0.2, 0) is 0 Å². The van der Waals surface area contributed by atoms with Crippen LogP contribution in [0.3, 0.4) is 0 Å². The van der Waals surface area contributed by atoms with Gasteiger partial charge in [0.2, 0.25) is 0 Å². The van der Waals surface area contributed by atoms with Crippen LogP contribution in [-0.4, -0.2) is 42.3 Å². The van der Waals surface area contributed by atoms with Gasteiger partial charge >= 0.3 is 0 Å². The van der Waals surface area contributed by atoms with Gasteiger partial charge in [-0.05, 0) is 68.3 Å². The minimum absolute atomic E-state index is 0.253. The molecule has 0 bridgehead atoms. The van der Waals surface area contributed by atoms with Gasteiger partial charge in [0.1, 0.15) is 0 Å². The number of imide groups is 1. The molecule has 3 amide bonds. The van der Waals surface area contributed by atoms with Gasteiger partial charge < -0.3 is 10.6 Å². The highest BCUT2D eigenvalue weighted by Gasteiger charge is 2.39. The zero-order valence-electron chi connectivity index (χ0n) is 17.4. The maximum absolute atomic E-state index is 13.2. The number of nitrogens with zero attached hydrogens (tertiary/aromatic N) is 2. The number of hydrogen-bond acceptors (Lipinski definition) is 6. The normalized spacial score (nSPS) is 20.2. The number of fused-ring (bicyclic) bond motifs is 1. The molecule has 1 aliphatic carbocycles. The summed E-state index contributed by atoms with van der Waals surface area (Å²) in [4.78, 5) is 40.4. The number of halogens is 1. The van der Waals surface area contributed by atoms with Crippen LogP contribution in [0.4, 0.5) is 5.69 Å². The van der Waals surface area contributed by atoms with E-state index in [1.807, 2.05) is 0 Å². The third-order valence-electron chi connectivity index (χ3n) is 6.09. The van der Waals surface area contributed by atoms with E-state index in [2.05, 4.69) is 16.7 Å². The zero-order valence-corrected chi connectivity index (χ0v) is 19.0. The first-order valence-electron chi connectivity index (χ1n) is 10.6. The predicted molar refractivity (Wildman–Crippen MR) is 123 cm³/mol. The van der Waals surface area contributed by atoms with Gasteiger partial charge in [0, 0.05) is 6.54 Å². The van der Waals surface area contributed by atoms with E-state index in [0.717, 1.165) is 43.6 Å². The minimum atomic E-state index is -0.364. The highest BCUT2D eigenvalue weighted by atomic mass is 35.5. The minimum Gasteiger partial charge on any atom is -0.321 e. The Morgan fingerprint density at radius 1 is 1.12 bits per heavy atom. The Balaban J connectivity index is 1.41. The molecule has 0 spiro atoms. The summed E-state index contributed by atoms with van der Waals surface area (Å²) in [6, 6.07) is 10.3. The van der Waals surface area contributed by atoms with Crippen LogP contribution in [0, 0.1) is 23.2 Å². The van der Waals surface area contributed by atoms with Crippen molar-refractivity contribution in [3.05, 3.63) is 50.7 Å². The van der Waals surface area contributed by atoms with Gasteiger partial charge in [0.15, 0.2) is 0 Å². The summed E-state index contributed by atoms with van der Waals surface area (Å²) in [6.45, 7) is 1.57. The summed E-state index contributed by atoms with van der Waals surface area (Å²) in [5.41, 5.74) is 0.916. The molecule has 9 heteroatoms. The standard InChI is InChI=1S/C23H23ClN4O3S/c24-19-9-8-18(32-19)21(29)27-17-3-1-2-16-20(17)23(31)28(22(16)30)13-15-6-4-14(5-7-15)12-26-11-10-25/h1-3,8-9,14-15,26H,4-7,11-13H2,(H,27,29). The number of rotatable bonds is 7.